The lowest BCUT2D eigenvalue weighted by Crippen LogP contribution is -2.68. The van der Waals surface area contributed by atoms with Crippen molar-refractivity contribution in [1.82, 2.24) is 29.3 Å². The Morgan fingerprint density at radius 1 is 1.24 bits per heavy atom. The minimum absolute atomic E-state index is 0.0314. The van der Waals surface area contributed by atoms with Crippen molar-refractivity contribution in [1.29, 1.82) is 0 Å². The summed E-state index contributed by atoms with van der Waals surface area (Å²) < 4.78 is 61.7. The molecule has 16 heteroatoms. The number of ether oxygens (including phenoxy) is 1. The molecule has 1 saturated heterocycles. The number of likely N-dealkylation sites (tertiary alicyclic amines) is 1. The summed E-state index contributed by atoms with van der Waals surface area (Å²) >= 11 is 0. The highest BCUT2D eigenvalue weighted by Gasteiger charge is 2.54. The van der Waals surface area contributed by atoms with Crippen molar-refractivity contribution < 1.29 is 36.6 Å². The van der Waals surface area contributed by atoms with Crippen molar-refractivity contribution in [2.45, 2.75) is 43.6 Å². The van der Waals surface area contributed by atoms with E-state index >= 15 is 0 Å². The van der Waals surface area contributed by atoms with Crippen LogP contribution in [0.5, 0.6) is 5.75 Å². The maximum Gasteiger partial charge on any atom is 0.407 e. The molecule has 0 spiro atoms. The standard InChI is InChI=1S/C26H27F2N7O6S/c1-26(2,3)21-19(13-34(21)25(37)38)42(39,40)14-6-7-18(41-24(27)28)15(10-14)20-17(12-33(4)32-20)31-23(36)16-11-30-35-9-5-8-29-22(16)35/h5-12,19,21,24H,13H2,1-4H3,(H,31,36)(H,37,38). The van der Waals surface area contributed by atoms with E-state index in [0.29, 0.717) is 0 Å². The fourth-order valence-electron chi connectivity index (χ4n) is 5.16. The van der Waals surface area contributed by atoms with Crippen LogP contribution in [0.25, 0.3) is 16.9 Å². The fourth-order valence-corrected chi connectivity index (χ4v) is 7.30. The van der Waals surface area contributed by atoms with E-state index in [-0.39, 0.29) is 45.3 Å². The molecule has 4 aromatic rings. The van der Waals surface area contributed by atoms with Crippen molar-refractivity contribution in [3.8, 4) is 17.0 Å². The molecule has 0 aliphatic carbocycles. The Balaban J connectivity index is 1.56. The SMILES string of the molecule is Cn1cc(NC(=O)c2cnn3cccnc23)c(-c2cc(S(=O)(=O)C3CN(C(=O)O)C3C(C)(C)C)ccc2OC(F)F)n1. The zero-order valence-corrected chi connectivity index (χ0v) is 23.7. The Bertz CT molecular complexity index is 1800. The van der Waals surface area contributed by atoms with Crippen LogP contribution in [0.15, 0.2) is 53.9 Å². The molecule has 0 radical (unpaired) electrons. The number of fused-ring (bicyclic) bond motifs is 1. The highest BCUT2D eigenvalue weighted by atomic mass is 32.2. The Labute approximate surface area is 238 Å². The number of hydrogen-bond acceptors (Lipinski definition) is 8. The Hall–Kier alpha value is -4.60. The molecule has 2 atom stereocenters. The van der Waals surface area contributed by atoms with Gasteiger partial charge in [-0.3, -0.25) is 9.48 Å². The highest BCUT2D eigenvalue weighted by molar-refractivity contribution is 7.92. The minimum Gasteiger partial charge on any atom is -0.465 e. The number of alkyl halides is 2. The topological polar surface area (TPSA) is 161 Å². The summed E-state index contributed by atoms with van der Waals surface area (Å²) in [5.74, 6) is -0.988. The number of amides is 2. The summed E-state index contributed by atoms with van der Waals surface area (Å²) in [7, 11) is -2.62. The van der Waals surface area contributed by atoms with Gasteiger partial charge in [0.05, 0.1) is 22.8 Å². The van der Waals surface area contributed by atoms with E-state index in [1.54, 1.807) is 33.0 Å². The second-order valence-electron chi connectivity index (χ2n) is 10.8. The van der Waals surface area contributed by atoms with E-state index in [2.05, 4.69) is 20.5 Å². The number of aryl methyl sites for hydroxylation is 1. The van der Waals surface area contributed by atoms with Gasteiger partial charge < -0.3 is 20.1 Å². The number of carboxylic acid groups (broad SMARTS) is 1. The monoisotopic (exact) mass is 603 g/mol. The average Bonchev–Trinajstić information content (AvgIpc) is 3.45. The smallest absolute Gasteiger partial charge is 0.407 e. The van der Waals surface area contributed by atoms with Crippen molar-refractivity contribution in [2.75, 3.05) is 11.9 Å². The van der Waals surface area contributed by atoms with E-state index < -0.39 is 45.2 Å². The third kappa shape index (κ3) is 5.13. The largest absolute Gasteiger partial charge is 0.465 e. The summed E-state index contributed by atoms with van der Waals surface area (Å²) in [6.07, 6.45) is 4.60. The van der Waals surface area contributed by atoms with E-state index in [0.717, 1.165) is 23.1 Å². The maximum absolute atomic E-state index is 13.8. The molecule has 0 saturated carbocycles. The molecule has 42 heavy (non-hydrogen) atoms. The molecule has 0 bridgehead atoms. The number of anilines is 1. The highest BCUT2D eigenvalue weighted by Crippen LogP contribution is 2.42. The maximum atomic E-state index is 13.8. The Morgan fingerprint density at radius 3 is 2.64 bits per heavy atom. The molecule has 2 N–H and O–H groups in total. The minimum atomic E-state index is -4.15. The molecule has 4 heterocycles. The summed E-state index contributed by atoms with van der Waals surface area (Å²) in [4.78, 5) is 29.9. The molecule has 3 aromatic heterocycles. The molecule has 2 amide bonds. The van der Waals surface area contributed by atoms with Crippen LogP contribution in [-0.4, -0.2) is 79.3 Å². The van der Waals surface area contributed by atoms with Crippen molar-refractivity contribution in [3.05, 3.63) is 54.6 Å². The van der Waals surface area contributed by atoms with Crippen molar-refractivity contribution in [3.63, 3.8) is 0 Å². The average molecular weight is 604 g/mol. The quantitative estimate of drug-likeness (QED) is 0.322. The lowest BCUT2D eigenvalue weighted by atomic mass is 9.79. The van der Waals surface area contributed by atoms with Crippen LogP contribution in [0.2, 0.25) is 0 Å². The number of nitrogens with one attached hydrogen (secondary N) is 1. The van der Waals surface area contributed by atoms with Gasteiger partial charge in [0.2, 0.25) is 0 Å². The Kier molecular flexibility index (Phi) is 7.12. The third-order valence-corrected chi connectivity index (χ3v) is 9.06. The van der Waals surface area contributed by atoms with Crippen LogP contribution in [-0.2, 0) is 16.9 Å². The van der Waals surface area contributed by atoms with Crippen LogP contribution in [0, 0.1) is 5.41 Å². The summed E-state index contributed by atoms with van der Waals surface area (Å²) in [6.45, 7) is 1.73. The molecule has 2 unspecified atom stereocenters. The second kappa shape index (κ2) is 10.3. The number of rotatable bonds is 7. The molecular formula is C26H27F2N7O6S. The molecule has 1 fully saturated rings. The lowest BCUT2D eigenvalue weighted by molar-refractivity contribution is -0.0495. The second-order valence-corrected chi connectivity index (χ2v) is 13.0. The lowest BCUT2D eigenvalue weighted by Gasteiger charge is -2.52. The Morgan fingerprint density at radius 2 is 1.98 bits per heavy atom. The molecule has 1 aliphatic heterocycles. The third-order valence-electron chi connectivity index (χ3n) is 6.95. The molecule has 1 aromatic carbocycles. The van der Waals surface area contributed by atoms with Crippen LogP contribution in [0.1, 0.15) is 31.1 Å². The first-order valence-electron chi connectivity index (χ1n) is 12.6. The van der Waals surface area contributed by atoms with E-state index in [4.69, 9.17) is 4.74 Å². The van der Waals surface area contributed by atoms with Crippen LogP contribution >= 0.6 is 0 Å². The van der Waals surface area contributed by atoms with Crippen LogP contribution in [0.4, 0.5) is 19.3 Å². The van der Waals surface area contributed by atoms with Gasteiger partial charge >= 0.3 is 12.7 Å². The predicted octanol–water partition coefficient (Wildman–Crippen LogP) is 3.53. The fraction of sp³-hybridized carbons (Fsp3) is 0.346. The van der Waals surface area contributed by atoms with Crippen molar-refractivity contribution in [2.24, 2.45) is 12.5 Å². The molecule has 1 aliphatic rings. The van der Waals surface area contributed by atoms with Gasteiger partial charge in [0, 0.05) is 37.7 Å². The zero-order chi connectivity index (χ0) is 30.6. The number of benzene rings is 1. The number of carbonyl (C=O) groups excluding carboxylic acids is 1. The number of aromatic nitrogens is 5. The molecule has 222 valence electrons. The molecule has 5 rings (SSSR count). The zero-order valence-electron chi connectivity index (χ0n) is 22.9. The molecule has 13 nitrogen and oxygen atoms in total. The van der Waals surface area contributed by atoms with Crippen LogP contribution < -0.4 is 10.1 Å². The van der Waals surface area contributed by atoms with Gasteiger partial charge in [0.15, 0.2) is 15.5 Å². The van der Waals surface area contributed by atoms with Gasteiger partial charge in [-0.25, -0.2) is 22.7 Å². The summed E-state index contributed by atoms with van der Waals surface area (Å²) in [5.41, 5.74) is -0.365. The number of hydrogen-bond donors (Lipinski definition) is 2. The van der Waals surface area contributed by atoms with Gasteiger partial charge in [0.25, 0.3) is 5.91 Å². The van der Waals surface area contributed by atoms with E-state index in [1.165, 1.54) is 34.8 Å². The number of nitrogens with zero attached hydrogens (tertiary/aromatic N) is 6. The van der Waals surface area contributed by atoms with Gasteiger partial charge in [0.1, 0.15) is 22.3 Å². The number of sulfone groups is 1. The van der Waals surface area contributed by atoms with E-state index in [1.807, 2.05) is 0 Å². The number of halogens is 2. The first-order valence-corrected chi connectivity index (χ1v) is 14.2. The van der Waals surface area contributed by atoms with E-state index in [9.17, 15) is 31.9 Å². The van der Waals surface area contributed by atoms with Gasteiger partial charge in [-0.15, -0.1) is 0 Å². The molecular weight excluding hydrogens is 576 g/mol. The summed E-state index contributed by atoms with van der Waals surface area (Å²) in [6, 6.07) is 4.16. The van der Waals surface area contributed by atoms with Gasteiger partial charge in [-0.05, 0) is 29.7 Å². The van der Waals surface area contributed by atoms with Gasteiger partial charge in [-0.2, -0.15) is 19.0 Å². The van der Waals surface area contributed by atoms with Gasteiger partial charge in [-0.1, -0.05) is 20.8 Å². The first-order chi connectivity index (χ1) is 19.7. The van der Waals surface area contributed by atoms with Crippen LogP contribution in [0.3, 0.4) is 0 Å². The normalized spacial score (nSPS) is 17.4. The van der Waals surface area contributed by atoms with Crippen molar-refractivity contribution >= 4 is 33.2 Å². The summed E-state index contributed by atoms with van der Waals surface area (Å²) in [5, 5.41) is 19.5. The predicted molar refractivity (Wildman–Crippen MR) is 145 cm³/mol. The number of carbonyl (C=O) groups is 2. The first kappa shape index (κ1) is 28.9.